The molecule has 0 bridgehead atoms. The summed E-state index contributed by atoms with van der Waals surface area (Å²) < 4.78 is 5.31. The molecule has 0 spiro atoms. The van der Waals surface area contributed by atoms with E-state index in [9.17, 15) is 4.79 Å². The van der Waals surface area contributed by atoms with Crippen LogP contribution in [0.5, 0.6) is 5.75 Å². The van der Waals surface area contributed by atoms with E-state index in [0.717, 1.165) is 48.7 Å². The van der Waals surface area contributed by atoms with Crippen molar-refractivity contribution in [3.63, 3.8) is 0 Å². The van der Waals surface area contributed by atoms with E-state index >= 15 is 0 Å². The number of aryl methyl sites for hydroxylation is 1. The van der Waals surface area contributed by atoms with Crippen molar-refractivity contribution >= 4 is 22.5 Å². The van der Waals surface area contributed by atoms with E-state index in [2.05, 4.69) is 64.5 Å². The van der Waals surface area contributed by atoms with Crippen LogP contribution in [0.4, 0.5) is 5.69 Å². The maximum absolute atomic E-state index is 13.1. The van der Waals surface area contributed by atoms with E-state index in [-0.39, 0.29) is 5.91 Å². The van der Waals surface area contributed by atoms with Gasteiger partial charge in [0.1, 0.15) is 5.75 Å². The number of hydrogen-bond acceptors (Lipinski definition) is 3. The lowest BCUT2D eigenvalue weighted by Gasteiger charge is -2.36. The van der Waals surface area contributed by atoms with Gasteiger partial charge in [-0.2, -0.15) is 0 Å². The monoisotopic (exact) mass is 439 g/mol. The number of H-pyrrole nitrogens is 1. The van der Waals surface area contributed by atoms with E-state index in [4.69, 9.17) is 4.74 Å². The first-order chi connectivity index (χ1) is 16.2. The number of nitrogens with zero attached hydrogens (tertiary/aromatic N) is 2. The lowest BCUT2D eigenvalue weighted by Crippen LogP contribution is -2.48. The molecule has 5 nitrogen and oxygen atoms in total. The number of aromatic amines is 1. The normalized spacial score (nSPS) is 14.0. The second kappa shape index (κ2) is 9.41. The zero-order chi connectivity index (χ0) is 22.6. The molecule has 1 amide bonds. The first kappa shape index (κ1) is 21.1. The Balaban J connectivity index is 1.29. The first-order valence-corrected chi connectivity index (χ1v) is 11.5. The number of anilines is 1. The molecule has 0 unspecified atom stereocenters. The van der Waals surface area contributed by atoms with Crippen molar-refractivity contribution in [2.75, 3.05) is 38.2 Å². The zero-order valence-electron chi connectivity index (χ0n) is 19.0. The lowest BCUT2D eigenvalue weighted by atomic mass is 10.0. The first-order valence-electron chi connectivity index (χ1n) is 11.5. The lowest BCUT2D eigenvalue weighted by molar-refractivity contribution is -0.131. The molecule has 1 aliphatic rings. The van der Waals surface area contributed by atoms with Crippen molar-refractivity contribution in [3.05, 3.63) is 84.4 Å². The highest BCUT2D eigenvalue weighted by Crippen LogP contribution is 2.32. The molecule has 3 aromatic carbocycles. The largest absolute Gasteiger partial charge is 0.497 e. The molecular weight excluding hydrogens is 410 g/mol. The third-order valence-electron chi connectivity index (χ3n) is 6.53. The van der Waals surface area contributed by atoms with Crippen molar-refractivity contribution in [3.8, 4) is 17.0 Å². The van der Waals surface area contributed by atoms with Crippen LogP contribution in [0.3, 0.4) is 0 Å². The number of nitrogens with one attached hydrogen (secondary N) is 1. The molecule has 4 aromatic rings. The van der Waals surface area contributed by atoms with Gasteiger partial charge in [-0.1, -0.05) is 36.4 Å². The standard InChI is InChI=1S/C28H29N3O2/c1-33-23-13-11-21(12-14-23)28-25(24-9-5-6-10-26(24)29-28)15-16-27(32)31-19-17-30(18-20-31)22-7-3-2-4-8-22/h2-14,29H,15-20H2,1H3. The minimum absolute atomic E-state index is 0.230. The van der Waals surface area contributed by atoms with Gasteiger partial charge >= 0.3 is 0 Å². The maximum atomic E-state index is 13.1. The van der Waals surface area contributed by atoms with Gasteiger partial charge < -0.3 is 19.5 Å². The van der Waals surface area contributed by atoms with Crippen LogP contribution >= 0.6 is 0 Å². The van der Waals surface area contributed by atoms with Crippen LogP contribution in [0.25, 0.3) is 22.2 Å². The molecule has 0 atom stereocenters. The number of aromatic nitrogens is 1. The van der Waals surface area contributed by atoms with Crippen molar-refractivity contribution in [1.29, 1.82) is 0 Å². The molecule has 0 radical (unpaired) electrons. The number of methoxy groups -OCH3 is 1. The fourth-order valence-corrected chi connectivity index (χ4v) is 4.71. The number of carbonyl (C=O) groups is 1. The molecule has 1 aromatic heterocycles. The third-order valence-corrected chi connectivity index (χ3v) is 6.53. The van der Waals surface area contributed by atoms with E-state index in [1.807, 2.05) is 29.2 Å². The van der Waals surface area contributed by atoms with E-state index in [1.165, 1.54) is 16.6 Å². The van der Waals surface area contributed by atoms with Crippen molar-refractivity contribution < 1.29 is 9.53 Å². The Bertz CT molecular complexity index is 1220. The SMILES string of the molecule is COc1ccc(-c2[nH]c3ccccc3c2CCC(=O)N2CCN(c3ccccc3)CC2)cc1. The van der Waals surface area contributed by atoms with Crippen molar-refractivity contribution in [2.24, 2.45) is 0 Å². The van der Waals surface area contributed by atoms with Crippen molar-refractivity contribution in [2.45, 2.75) is 12.8 Å². The Hall–Kier alpha value is -3.73. The van der Waals surface area contributed by atoms with Gasteiger partial charge in [-0.3, -0.25) is 4.79 Å². The summed E-state index contributed by atoms with van der Waals surface area (Å²) in [5, 5.41) is 1.19. The molecule has 168 valence electrons. The summed E-state index contributed by atoms with van der Waals surface area (Å²) >= 11 is 0. The fourth-order valence-electron chi connectivity index (χ4n) is 4.71. The Labute approximate surface area is 194 Å². The molecule has 0 saturated carbocycles. The Morgan fingerprint density at radius 1 is 0.879 bits per heavy atom. The van der Waals surface area contributed by atoms with Gasteiger partial charge in [0, 0.05) is 54.9 Å². The van der Waals surface area contributed by atoms with Crippen LogP contribution in [0.1, 0.15) is 12.0 Å². The van der Waals surface area contributed by atoms with Crippen LogP contribution in [-0.2, 0) is 11.2 Å². The molecule has 1 fully saturated rings. The van der Waals surface area contributed by atoms with E-state index in [1.54, 1.807) is 7.11 Å². The van der Waals surface area contributed by atoms with Gasteiger partial charge in [-0.05, 0) is 60.0 Å². The summed E-state index contributed by atoms with van der Waals surface area (Å²) in [7, 11) is 1.68. The maximum Gasteiger partial charge on any atom is 0.223 e. The number of carbonyl (C=O) groups excluding carboxylic acids is 1. The number of hydrogen-bond donors (Lipinski definition) is 1. The highest BCUT2D eigenvalue weighted by molar-refractivity contribution is 5.91. The third kappa shape index (κ3) is 4.44. The smallest absolute Gasteiger partial charge is 0.223 e. The number of piperazine rings is 1. The molecule has 5 heteroatoms. The molecule has 2 heterocycles. The summed E-state index contributed by atoms with van der Waals surface area (Å²) in [5.74, 6) is 1.06. The number of para-hydroxylation sites is 2. The predicted octanol–water partition coefficient (Wildman–Crippen LogP) is 5.12. The topological polar surface area (TPSA) is 48.6 Å². The van der Waals surface area contributed by atoms with Crippen LogP contribution in [0, 0.1) is 0 Å². The van der Waals surface area contributed by atoms with Gasteiger partial charge in [0.15, 0.2) is 0 Å². The van der Waals surface area contributed by atoms with Gasteiger partial charge in [-0.25, -0.2) is 0 Å². The summed E-state index contributed by atoms with van der Waals surface area (Å²) in [5.41, 5.74) is 5.72. The molecule has 1 aliphatic heterocycles. The summed E-state index contributed by atoms with van der Waals surface area (Å²) in [6.45, 7) is 3.29. The summed E-state index contributed by atoms with van der Waals surface area (Å²) in [6.07, 6.45) is 1.22. The number of rotatable bonds is 6. The molecule has 1 N–H and O–H groups in total. The van der Waals surface area contributed by atoms with Crippen LogP contribution < -0.4 is 9.64 Å². The number of fused-ring (bicyclic) bond motifs is 1. The molecular formula is C28H29N3O2. The zero-order valence-corrected chi connectivity index (χ0v) is 19.0. The minimum atomic E-state index is 0.230. The number of amides is 1. The Morgan fingerprint density at radius 3 is 2.30 bits per heavy atom. The van der Waals surface area contributed by atoms with Crippen LogP contribution in [0.2, 0.25) is 0 Å². The van der Waals surface area contributed by atoms with E-state index in [0.29, 0.717) is 12.8 Å². The average Bonchev–Trinajstić information content (AvgIpc) is 3.26. The van der Waals surface area contributed by atoms with Gasteiger partial charge in [0.25, 0.3) is 0 Å². The quantitative estimate of drug-likeness (QED) is 0.453. The molecule has 5 rings (SSSR count). The van der Waals surface area contributed by atoms with Gasteiger partial charge in [0.2, 0.25) is 5.91 Å². The molecule has 0 aliphatic carbocycles. The Morgan fingerprint density at radius 2 is 1.58 bits per heavy atom. The molecule has 1 saturated heterocycles. The van der Waals surface area contributed by atoms with Gasteiger partial charge in [-0.15, -0.1) is 0 Å². The Kier molecular flexibility index (Phi) is 6.03. The number of benzene rings is 3. The average molecular weight is 440 g/mol. The molecule has 33 heavy (non-hydrogen) atoms. The second-order valence-electron chi connectivity index (χ2n) is 8.46. The summed E-state index contributed by atoms with van der Waals surface area (Å²) in [6, 6.07) is 26.8. The van der Waals surface area contributed by atoms with E-state index < -0.39 is 0 Å². The fraction of sp³-hybridized carbons (Fsp3) is 0.250. The van der Waals surface area contributed by atoms with Gasteiger partial charge in [0.05, 0.1) is 7.11 Å². The summed E-state index contributed by atoms with van der Waals surface area (Å²) in [4.78, 5) is 21.0. The number of ether oxygens (including phenoxy) is 1. The predicted molar refractivity (Wildman–Crippen MR) is 134 cm³/mol. The van der Waals surface area contributed by atoms with Crippen molar-refractivity contribution in [1.82, 2.24) is 9.88 Å². The second-order valence-corrected chi connectivity index (χ2v) is 8.46. The highest BCUT2D eigenvalue weighted by Gasteiger charge is 2.22. The minimum Gasteiger partial charge on any atom is -0.497 e. The van der Waals surface area contributed by atoms with Crippen LogP contribution in [-0.4, -0.2) is 49.1 Å². The van der Waals surface area contributed by atoms with Crippen LogP contribution in [0.15, 0.2) is 78.9 Å². The highest BCUT2D eigenvalue weighted by atomic mass is 16.5.